The number of amides is 2. The second-order valence-corrected chi connectivity index (χ2v) is 4.95. The van der Waals surface area contributed by atoms with Gasteiger partial charge in [-0.3, -0.25) is 10.1 Å². The van der Waals surface area contributed by atoms with Gasteiger partial charge in [0.05, 0.1) is 13.2 Å². The maximum Gasteiger partial charge on any atom is 0.414 e. The summed E-state index contributed by atoms with van der Waals surface area (Å²) >= 11 is 0. The van der Waals surface area contributed by atoms with Crippen LogP contribution in [0.1, 0.15) is 11.1 Å². The Morgan fingerprint density at radius 2 is 1.46 bits per heavy atom. The zero-order valence-corrected chi connectivity index (χ0v) is 13.2. The number of carbonyl (C=O) groups is 2. The van der Waals surface area contributed by atoms with Crippen LogP contribution in [0.15, 0.2) is 72.8 Å². The van der Waals surface area contributed by atoms with E-state index >= 15 is 0 Å². The Bertz CT molecular complexity index is 668. The predicted molar refractivity (Wildman–Crippen MR) is 90.0 cm³/mol. The Morgan fingerprint density at radius 1 is 0.875 bits per heavy atom. The Labute approximate surface area is 140 Å². The second kappa shape index (κ2) is 9.97. The van der Waals surface area contributed by atoms with E-state index in [0.717, 1.165) is 11.1 Å². The maximum absolute atomic E-state index is 11.5. The lowest BCUT2D eigenvalue weighted by Crippen LogP contribution is -2.29. The molecule has 1 N–H and O–H groups in total. The van der Waals surface area contributed by atoms with Crippen molar-refractivity contribution < 1.29 is 19.1 Å². The second-order valence-electron chi connectivity index (χ2n) is 4.95. The number of carbonyl (C=O) groups excluding carboxylic acids is 2. The SMILES string of the molecule is O=C(/C=C/COCc1ccccc1)NC(=O)OCc1ccccc1. The van der Waals surface area contributed by atoms with Crippen molar-refractivity contribution in [3.8, 4) is 0 Å². The summed E-state index contributed by atoms with van der Waals surface area (Å²) in [6.45, 7) is 0.858. The highest BCUT2D eigenvalue weighted by atomic mass is 16.5. The van der Waals surface area contributed by atoms with Gasteiger partial charge in [-0.1, -0.05) is 66.7 Å². The molecular weight excluding hydrogens is 306 g/mol. The quantitative estimate of drug-likeness (QED) is 0.627. The summed E-state index contributed by atoms with van der Waals surface area (Å²) < 4.78 is 10.3. The fraction of sp³-hybridized carbons (Fsp3) is 0.158. The van der Waals surface area contributed by atoms with E-state index in [1.165, 1.54) is 6.08 Å². The van der Waals surface area contributed by atoms with E-state index in [1.54, 1.807) is 6.08 Å². The van der Waals surface area contributed by atoms with Gasteiger partial charge in [0, 0.05) is 6.08 Å². The van der Waals surface area contributed by atoms with Crippen LogP contribution in [0.25, 0.3) is 0 Å². The van der Waals surface area contributed by atoms with Crippen molar-refractivity contribution in [2.45, 2.75) is 13.2 Å². The maximum atomic E-state index is 11.5. The fourth-order valence-electron chi connectivity index (χ4n) is 1.88. The van der Waals surface area contributed by atoms with E-state index in [2.05, 4.69) is 5.32 Å². The molecule has 0 saturated carbocycles. The van der Waals surface area contributed by atoms with Gasteiger partial charge in [0.1, 0.15) is 6.61 Å². The standard InChI is InChI=1S/C19H19NO4/c21-18(12-7-13-23-14-16-8-3-1-4-9-16)20-19(22)24-15-17-10-5-2-6-11-17/h1-12H,13-15H2,(H,20,21,22)/b12-7+. The Balaban J connectivity index is 1.60. The van der Waals surface area contributed by atoms with E-state index in [0.29, 0.717) is 6.61 Å². The third-order valence-corrected chi connectivity index (χ3v) is 3.03. The molecule has 0 saturated heterocycles. The molecule has 24 heavy (non-hydrogen) atoms. The lowest BCUT2D eigenvalue weighted by molar-refractivity contribution is -0.116. The number of ether oxygens (including phenoxy) is 2. The highest BCUT2D eigenvalue weighted by Crippen LogP contribution is 2.01. The molecule has 2 rings (SSSR count). The van der Waals surface area contributed by atoms with Crippen molar-refractivity contribution in [2.24, 2.45) is 0 Å². The van der Waals surface area contributed by atoms with Crippen molar-refractivity contribution >= 4 is 12.0 Å². The van der Waals surface area contributed by atoms with Crippen LogP contribution in [-0.4, -0.2) is 18.6 Å². The molecule has 0 aliphatic rings. The highest BCUT2D eigenvalue weighted by molar-refractivity contribution is 5.98. The van der Waals surface area contributed by atoms with Crippen LogP contribution >= 0.6 is 0 Å². The molecule has 0 unspecified atom stereocenters. The first-order valence-corrected chi connectivity index (χ1v) is 7.54. The third kappa shape index (κ3) is 6.89. The predicted octanol–water partition coefficient (Wildman–Crippen LogP) is 3.21. The summed E-state index contributed by atoms with van der Waals surface area (Å²) in [5.74, 6) is -0.545. The van der Waals surface area contributed by atoms with Crippen LogP contribution in [0.2, 0.25) is 0 Å². The van der Waals surface area contributed by atoms with Gasteiger partial charge in [0.2, 0.25) is 0 Å². The lowest BCUT2D eigenvalue weighted by atomic mass is 10.2. The van der Waals surface area contributed by atoms with Gasteiger partial charge in [-0.15, -0.1) is 0 Å². The summed E-state index contributed by atoms with van der Waals surface area (Å²) in [5.41, 5.74) is 1.91. The number of rotatable bonds is 7. The molecular formula is C19H19NO4. The molecule has 0 bridgehead atoms. The molecule has 0 aliphatic heterocycles. The number of hydrogen-bond donors (Lipinski definition) is 1. The summed E-state index contributed by atoms with van der Waals surface area (Å²) in [5, 5.41) is 2.12. The minimum atomic E-state index is -0.779. The molecule has 2 amide bonds. The van der Waals surface area contributed by atoms with Gasteiger partial charge in [0.15, 0.2) is 0 Å². The first-order valence-electron chi connectivity index (χ1n) is 7.54. The van der Waals surface area contributed by atoms with Crippen LogP contribution in [0.5, 0.6) is 0 Å². The largest absolute Gasteiger partial charge is 0.444 e. The minimum Gasteiger partial charge on any atom is -0.444 e. The number of hydrogen-bond acceptors (Lipinski definition) is 4. The zero-order chi connectivity index (χ0) is 17.0. The first-order chi connectivity index (χ1) is 11.7. The van der Waals surface area contributed by atoms with Gasteiger partial charge in [-0.25, -0.2) is 4.79 Å². The third-order valence-electron chi connectivity index (χ3n) is 3.03. The van der Waals surface area contributed by atoms with Gasteiger partial charge >= 0.3 is 6.09 Å². The molecule has 2 aromatic rings. The van der Waals surface area contributed by atoms with Crippen LogP contribution in [-0.2, 0) is 27.5 Å². The summed E-state index contributed by atoms with van der Waals surface area (Å²) in [7, 11) is 0. The summed E-state index contributed by atoms with van der Waals surface area (Å²) in [6.07, 6.45) is 2.01. The van der Waals surface area contributed by atoms with Crippen molar-refractivity contribution in [3.05, 3.63) is 83.9 Å². The molecule has 0 spiro atoms. The Morgan fingerprint density at radius 3 is 2.08 bits per heavy atom. The van der Waals surface area contributed by atoms with Gasteiger partial charge in [0.25, 0.3) is 5.91 Å². The van der Waals surface area contributed by atoms with Crippen LogP contribution in [0.4, 0.5) is 4.79 Å². The summed E-state index contributed by atoms with van der Waals surface area (Å²) in [6, 6.07) is 18.9. The summed E-state index contributed by atoms with van der Waals surface area (Å²) in [4.78, 5) is 23.0. The number of imide groups is 1. The smallest absolute Gasteiger partial charge is 0.414 e. The molecule has 0 aromatic heterocycles. The van der Waals surface area contributed by atoms with E-state index in [-0.39, 0.29) is 13.2 Å². The van der Waals surface area contributed by atoms with E-state index in [4.69, 9.17) is 9.47 Å². The monoisotopic (exact) mass is 325 g/mol. The normalized spacial score (nSPS) is 10.5. The van der Waals surface area contributed by atoms with Gasteiger partial charge in [-0.05, 0) is 11.1 Å². The van der Waals surface area contributed by atoms with Crippen molar-refractivity contribution in [1.82, 2.24) is 5.32 Å². The fourth-order valence-corrected chi connectivity index (χ4v) is 1.88. The molecule has 0 atom stereocenters. The number of nitrogens with one attached hydrogen (secondary N) is 1. The average molecular weight is 325 g/mol. The molecule has 0 aliphatic carbocycles. The molecule has 0 radical (unpaired) electrons. The highest BCUT2D eigenvalue weighted by Gasteiger charge is 2.05. The minimum absolute atomic E-state index is 0.115. The lowest BCUT2D eigenvalue weighted by Gasteiger charge is -2.04. The average Bonchev–Trinajstić information content (AvgIpc) is 2.61. The van der Waals surface area contributed by atoms with Crippen LogP contribution < -0.4 is 5.32 Å². The Hall–Kier alpha value is -2.92. The van der Waals surface area contributed by atoms with E-state index in [1.807, 2.05) is 60.7 Å². The van der Waals surface area contributed by atoms with E-state index in [9.17, 15) is 9.59 Å². The van der Waals surface area contributed by atoms with Gasteiger partial charge in [-0.2, -0.15) is 0 Å². The number of benzene rings is 2. The molecule has 124 valence electrons. The number of alkyl carbamates (subject to hydrolysis) is 1. The molecule has 0 heterocycles. The van der Waals surface area contributed by atoms with Crippen molar-refractivity contribution in [1.29, 1.82) is 0 Å². The van der Waals surface area contributed by atoms with Crippen LogP contribution in [0.3, 0.4) is 0 Å². The van der Waals surface area contributed by atoms with Crippen LogP contribution in [0, 0.1) is 0 Å². The van der Waals surface area contributed by atoms with Gasteiger partial charge < -0.3 is 9.47 Å². The topological polar surface area (TPSA) is 64.6 Å². The van der Waals surface area contributed by atoms with E-state index < -0.39 is 12.0 Å². The Kier molecular flexibility index (Phi) is 7.24. The molecule has 5 nitrogen and oxygen atoms in total. The van der Waals surface area contributed by atoms with Crippen molar-refractivity contribution in [3.63, 3.8) is 0 Å². The molecule has 5 heteroatoms. The van der Waals surface area contributed by atoms with Crippen molar-refractivity contribution in [2.75, 3.05) is 6.61 Å². The first kappa shape index (κ1) is 17.4. The molecule has 2 aromatic carbocycles. The molecule has 0 fully saturated rings. The zero-order valence-electron chi connectivity index (χ0n) is 13.2.